The van der Waals surface area contributed by atoms with E-state index in [0.717, 1.165) is 12.0 Å². The molecule has 12 aromatic rings. The highest BCUT2D eigenvalue weighted by atomic mass is 16.1. The van der Waals surface area contributed by atoms with E-state index in [1.807, 2.05) is 6.92 Å². The van der Waals surface area contributed by atoms with Gasteiger partial charge >= 0.3 is 0 Å². The van der Waals surface area contributed by atoms with Crippen LogP contribution in [0.4, 0.5) is 0 Å². The Morgan fingerprint density at radius 2 is 0.896 bits per heavy atom. The van der Waals surface area contributed by atoms with Crippen molar-refractivity contribution in [2.75, 3.05) is 0 Å². The van der Waals surface area contributed by atoms with E-state index in [-0.39, 0.29) is 22.5 Å². The Hall–Kier alpha value is -5.53. The maximum Gasteiger partial charge on any atom is 0.155 e. The van der Waals surface area contributed by atoms with Crippen LogP contribution in [0.15, 0.2) is 72.3 Å². The van der Waals surface area contributed by atoms with Gasteiger partial charge in [-0.3, -0.25) is 4.79 Å². The second-order valence-electron chi connectivity index (χ2n) is 16.7. The molecule has 12 aromatic carbocycles. The van der Waals surface area contributed by atoms with Crippen LogP contribution in [0, 0.1) is 11.8 Å². The average Bonchev–Trinajstić information content (AvgIpc) is 3.95. The molecule has 0 aliphatic heterocycles. The fraction of sp³-hybridized carbons (Fsp3) is 0.128. The number of allylic oxidation sites excluding steroid dienone is 4. The fourth-order valence-corrected chi connectivity index (χ4v) is 15.6. The van der Waals surface area contributed by atoms with Crippen molar-refractivity contribution < 1.29 is 4.79 Å². The molecule has 48 heavy (non-hydrogen) atoms. The second-order valence-corrected chi connectivity index (χ2v) is 16.7. The van der Waals surface area contributed by atoms with Crippen molar-refractivity contribution in [3.63, 3.8) is 0 Å². The first-order valence-electron chi connectivity index (χ1n) is 17.8. The Kier molecular flexibility index (Phi) is 2.23. The third-order valence-corrected chi connectivity index (χ3v) is 16.2. The van der Waals surface area contributed by atoms with E-state index < -0.39 is 0 Å². The van der Waals surface area contributed by atoms with Crippen molar-refractivity contribution in [1.29, 1.82) is 0 Å². The molecule has 0 radical (unpaired) electrons. The zero-order valence-corrected chi connectivity index (χ0v) is 25.6. The van der Waals surface area contributed by atoms with Gasteiger partial charge in [-0.1, -0.05) is 66.8 Å². The van der Waals surface area contributed by atoms with Crippen LogP contribution >= 0.6 is 0 Å². The van der Waals surface area contributed by atoms with Gasteiger partial charge in [0.2, 0.25) is 0 Å². The fourth-order valence-electron chi connectivity index (χ4n) is 15.6. The van der Waals surface area contributed by atoms with Crippen LogP contribution in [0.5, 0.6) is 0 Å². The predicted molar refractivity (Wildman–Crippen MR) is 197 cm³/mol. The minimum Gasteiger partial charge on any atom is -0.295 e. The highest BCUT2D eigenvalue weighted by Crippen LogP contribution is 2.82. The molecule has 212 valence electrons. The van der Waals surface area contributed by atoms with Crippen LogP contribution in [0.1, 0.15) is 24.5 Å². The Morgan fingerprint density at radius 1 is 0.500 bits per heavy atom. The lowest BCUT2D eigenvalue weighted by molar-refractivity contribution is -0.114. The molecule has 0 aromatic heterocycles. The monoisotopic (exact) mass is 598 g/mol. The van der Waals surface area contributed by atoms with E-state index in [0.29, 0.717) is 5.92 Å². The first-order chi connectivity index (χ1) is 23.7. The molecule has 1 saturated carbocycles. The number of rotatable bonds is 1. The SMILES string of the molecule is CC(=O)C1=CC2CC1C13C4=c5ccc6c7ccc8c9ccc%10c%11ccc%12c%13c(c%14c%15c1c5c6c1c7c8c5c9c%10c(c%13%11)c%14c5c%151)C23C=%12C=C4. The van der Waals surface area contributed by atoms with E-state index in [4.69, 9.17) is 0 Å². The quantitative estimate of drug-likeness (QED) is 0.172. The van der Waals surface area contributed by atoms with Gasteiger partial charge in [0.1, 0.15) is 0 Å². The molecule has 1 fully saturated rings. The Bertz CT molecular complexity index is 3940. The molecule has 0 amide bonds. The van der Waals surface area contributed by atoms with Crippen molar-refractivity contribution in [3.8, 4) is 0 Å². The highest BCUT2D eigenvalue weighted by Gasteiger charge is 2.76. The summed E-state index contributed by atoms with van der Waals surface area (Å²) in [5, 5.41) is 36.0. The van der Waals surface area contributed by atoms with Gasteiger partial charge in [0.05, 0.1) is 0 Å². The minimum absolute atomic E-state index is 0.179. The van der Waals surface area contributed by atoms with Crippen molar-refractivity contribution in [3.05, 3.63) is 93.9 Å². The van der Waals surface area contributed by atoms with Crippen molar-refractivity contribution in [1.82, 2.24) is 0 Å². The lowest BCUT2D eigenvalue weighted by Crippen LogP contribution is -2.56. The number of carbonyl (C=O) groups excluding carboxylic acids is 1. The predicted octanol–water partition coefficient (Wildman–Crippen LogP) is 9.43. The lowest BCUT2D eigenvalue weighted by atomic mass is 9.44. The molecule has 6 aliphatic carbocycles. The molecular weight excluding hydrogens is 581 g/mol. The summed E-state index contributed by atoms with van der Waals surface area (Å²) in [5.41, 5.74) is 6.95. The van der Waals surface area contributed by atoms with Crippen LogP contribution < -0.4 is 10.4 Å². The number of hydrogen-bond donors (Lipinski definition) is 0. The molecule has 18 rings (SSSR count). The van der Waals surface area contributed by atoms with E-state index in [1.54, 1.807) is 48.8 Å². The van der Waals surface area contributed by atoms with Gasteiger partial charge in [-0.15, -0.1) is 0 Å². The van der Waals surface area contributed by atoms with Gasteiger partial charge in [-0.2, -0.15) is 0 Å². The first kappa shape index (κ1) is 20.7. The summed E-state index contributed by atoms with van der Waals surface area (Å²) >= 11 is 0. The summed E-state index contributed by atoms with van der Waals surface area (Å²) < 4.78 is 0. The molecule has 4 atom stereocenters. The van der Waals surface area contributed by atoms with E-state index in [2.05, 4.69) is 66.8 Å². The maximum absolute atomic E-state index is 13.7. The normalized spacial score (nSPS) is 27.8. The summed E-state index contributed by atoms with van der Waals surface area (Å²) in [6, 6.07) is 19.8. The first-order valence-corrected chi connectivity index (χ1v) is 17.8. The largest absolute Gasteiger partial charge is 0.295 e. The lowest BCUT2D eigenvalue weighted by Gasteiger charge is -2.56. The molecule has 0 N–H and O–H groups in total. The summed E-state index contributed by atoms with van der Waals surface area (Å²) in [7, 11) is 0. The molecule has 1 nitrogen and oxygen atoms in total. The highest BCUT2D eigenvalue weighted by molar-refractivity contribution is 6.64. The van der Waals surface area contributed by atoms with E-state index in [1.165, 1.54) is 102 Å². The van der Waals surface area contributed by atoms with Gasteiger partial charge < -0.3 is 0 Å². The number of Topliss-reactive ketones (excluding diaryl/α,β-unsaturated/α-hetero) is 1. The molecular formula is C47H18O. The number of carbonyl (C=O) groups is 1. The Labute approximate surface area is 269 Å². The molecule has 2 bridgehead atoms. The van der Waals surface area contributed by atoms with Crippen LogP contribution in [-0.4, -0.2) is 5.78 Å². The number of benzene rings is 8. The standard InChI is InChI=1S/C47H18O/c1-14(48)24-12-15-13-27(24)47-26-11-10-25-22-8-6-20-18-4-2-16-17-3-5-19-21-7-9-23(26)35-33(21)38-31(19)29(17)36-28(16)30(18)37-32(20)34(22)44(46(15,25)47)42-40(37)39(36)41(38)43(42)45(35)47/h2-12,15,27H,13H2,1H3. The average molecular weight is 599 g/mol. The maximum atomic E-state index is 13.7. The smallest absolute Gasteiger partial charge is 0.155 e. The third-order valence-electron chi connectivity index (χ3n) is 16.2. The Morgan fingerprint density at radius 3 is 1.40 bits per heavy atom. The molecule has 1 heteroatoms. The number of fused-ring (bicyclic) bond motifs is 5. The summed E-state index contributed by atoms with van der Waals surface area (Å²) in [5.74, 6) is 0.784. The van der Waals surface area contributed by atoms with Gasteiger partial charge in [-0.05, 0) is 176 Å². The summed E-state index contributed by atoms with van der Waals surface area (Å²) in [6.07, 6.45) is 8.62. The van der Waals surface area contributed by atoms with Crippen molar-refractivity contribution in [2.24, 2.45) is 11.8 Å². The zero-order chi connectivity index (χ0) is 30.0. The summed E-state index contributed by atoms with van der Waals surface area (Å²) in [4.78, 5) is 13.7. The number of ketones is 1. The zero-order valence-electron chi connectivity index (χ0n) is 25.6. The topological polar surface area (TPSA) is 17.1 Å². The van der Waals surface area contributed by atoms with Gasteiger partial charge in [0, 0.05) is 16.7 Å². The molecule has 6 aliphatic rings. The van der Waals surface area contributed by atoms with Crippen LogP contribution in [-0.2, 0) is 15.6 Å². The van der Waals surface area contributed by atoms with E-state index >= 15 is 0 Å². The van der Waals surface area contributed by atoms with Crippen LogP contribution in [0.2, 0.25) is 0 Å². The van der Waals surface area contributed by atoms with E-state index in [9.17, 15) is 4.79 Å². The second kappa shape index (κ2) is 5.18. The molecule has 2 spiro atoms. The van der Waals surface area contributed by atoms with Gasteiger partial charge in [0.25, 0.3) is 0 Å². The van der Waals surface area contributed by atoms with Crippen molar-refractivity contribution in [2.45, 2.75) is 24.2 Å². The van der Waals surface area contributed by atoms with Crippen LogP contribution in [0.3, 0.4) is 0 Å². The Balaban J connectivity index is 1.38. The minimum atomic E-state index is -0.251. The van der Waals surface area contributed by atoms with Gasteiger partial charge in [-0.25, -0.2) is 0 Å². The number of hydrogen-bond acceptors (Lipinski definition) is 1. The summed E-state index contributed by atoms with van der Waals surface area (Å²) in [6.45, 7) is 1.84. The molecule has 0 saturated heterocycles. The van der Waals surface area contributed by atoms with Gasteiger partial charge in [0.15, 0.2) is 5.78 Å². The molecule has 4 unspecified atom stereocenters. The van der Waals surface area contributed by atoms with Crippen LogP contribution in [0.25, 0.3) is 130 Å². The third kappa shape index (κ3) is 1.30. The molecule has 0 heterocycles. The van der Waals surface area contributed by atoms with Crippen molar-refractivity contribution >= 4 is 135 Å².